The lowest BCUT2D eigenvalue weighted by Gasteiger charge is -2.13. The van der Waals surface area contributed by atoms with Crippen molar-refractivity contribution in [3.63, 3.8) is 0 Å². The Bertz CT molecular complexity index is 451. The number of nitrogens with zero attached hydrogens (tertiary/aromatic N) is 1. The quantitative estimate of drug-likeness (QED) is 0.802. The van der Waals surface area contributed by atoms with Gasteiger partial charge in [-0.3, -0.25) is 14.9 Å². The summed E-state index contributed by atoms with van der Waals surface area (Å²) in [7, 11) is 0. The van der Waals surface area contributed by atoms with Gasteiger partial charge in [-0.25, -0.2) is 4.79 Å². The number of hydrogen-bond donors (Lipinski definition) is 1. The van der Waals surface area contributed by atoms with E-state index < -0.39 is 6.03 Å². The number of rotatable bonds is 3. The van der Waals surface area contributed by atoms with E-state index in [0.29, 0.717) is 0 Å². The number of benzene rings is 1. The van der Waals surface area contributed by atoms with E-state index in [1.54, 1.807) is 0 Å². The number of amides is 3. The van der Waals surface area contributed by atoms with Gasteiger partial charge in [-0.05, 0) is 19.4 Å². The topological polar surface area (TPSA) is 58.6 Å². The Morgan fingerprint density at radius 1 is 1.24 bits per heavy atom. The van der Waals surface area contributed by atoms with E-state index in [-0.39, 0.29) is 19.1 Å². The molecule has 0 spiro atoms. The van der Waals surface area contributed by atoms with Crippen molar-refractivity contribution in [2.75, 3.05) is 6.54 Å². The molecule has 1 aromatic carbocycles. The van der Waals surface area contributed by atoms with Crippen molar-refractivity contribution in [1.82, 2.24) is 10.4 Å². The lowest BCUT2D eigenvalue weighted by Crippen LogP contribution is -2.28. The van der Waals surface area contributed by atoms with Crippen LogP contribution in [0.5, 0.6) is 0 Å². The number of nitrogens with one attached hydrogen (secondary N) is 1. The first-order valence-electron chi connectivity index (χ1n) is 5.36. The number of imide groups is 1. The summed E-state index contributed by atoms with van der Waals surface area (Å²) in [6.45, 7) is 4.25. The number of carbonyl (C=O) groups is 2. The third kappa shape index (κ3) is 2.82. The second kappa shape index (κ2) is 4.55. The zero-order chi connectivity index (χ0) is 12.4. The molecule has 0 atom stereocenters. The fraction of sp³-hybridized carbons (Fsp3) is 0.333. The van der Waals surface area contributed by atoms with Crippen LogP contribution in [0.1, 0.15) is 16.7 Å². The third-order valence-corrected chi connectivity index (χ3v) is 2.43. The molecule has 1 N–H and O–H groups in total. The Labute approximate surface area is 99.3 Å². The summed E-state index contributed by atoms with van der Waals surface area (Å²) in [4.78, 5) is 27.4. The van der Waals surface area contributed by atoms with Gasteiger partial charge >= 0.3 is 6.03 Å². The molecule has 0 saturated carbocycles. The highest BCUT2D eigenvalue weighted by molar-refractivity contribution is 6.01. The molecular weight excluding hydrogens is 220 g/mol. The van der Waals surface area contributed by atoms with Crippen LogP contribution in [0.25, 0.3) is 0 Å². The minimum atomic E-state index is -0.501. The molecule has 1 saturated heterocycles. The first-order chi connectivity index (χ1) is 8.04. The molecule has 1 aliphatic rings. The van der Waals surface area contributed by atoms with Gasteiger partial charge in [0, 0.05) is 0 Å². The van der Waals surface area contributed by atoms with Crippen LogP contribution in [-0.2, 0) is 16.2 Å². The maximum Gasteiger partial charge on any atom is 0.348 e. The van der Waals surface area contributed by atoms with Crippen LogP contribution < -0.4 is 5.32 Å². The summed E-state index contributed by atoms with van der Waals surface area (Å²) in [6, 6.07) is 5.54. The van der Waals surface area contributed by atoms with E-state index >= 15 is 0 Å². The SMILES string of the molecule is Cc1cc(C)cc(CON2CC(=O)NC2=O)c1. The van der Waals surface area contributed by atoms with Crippen molar-refractivity contribution >= 4 is 11.9 Å². The second-order valence-electron chi connectivity index (χ2n) is 4.16. The van der Waals surface area contributed by atoms with E-state index in [2.05, 4.69) is 11.4 Å². The molecular formula is C12H14N2O3. The van der Waals surface area contributed by atoms with Gasteiger partial charge in [-0.2, -0.15) is 5.06 Å². The molecule has 1 fully saturated rings. The zero-order valence-corrected chi connectivity index (χ0v) is 9.82. The van der Waals surface area contributed by atoms with E-state index in [1.807, 2.05) is 26.0 Å². The van der Waals surface area contributed by atoms with Gasteiger partial charge < -0.3 is 0 Å². The van der Waals surface area contributed by atoms with Crippen LogP contribution in [0.4, 0.5) is 4.79 Å². The number of hydrogen-bond acceptors (Lipinski definition) is 3. The number of urea groups is 1. The molecule has 5 heteroatoms. The maximum atomic E-state index is 11.2. The van der Waals surface area contributed by atoms with Crippen molar-refractivity contribution in [3.05, 3.63) is 34.9 Å². The Morgan fingerprint density at radius 3 is 2.41 bits per heavy atom. The standard InChI is InChI=1S/C12H14N2O3/c1-8-3-9(2)5-10(4-8)7-17-14-6-11(15)13-12(14)16/h3-5H,6-7H2,1-2H3,(H,13,15,16). The summed E-state index contributed by atoms with van der Waals surface area (Å²) < 4.78 is 0. The molecule has 2 rings (SSSR count). The Kier molecular flexibility index (Phi) is 3.10. The molecule has 0 aromatic heterocycles. The van der Waals surface area contributed by atoms with Gasteiger partial charge in [0.05, 0.1) is 0 Å². The van der Waals surface area contributed by atoms with Crippen molar-refractivity contribution < 1.29 is 14.4 Å². The van der Waals surface area contributed by atoms with Gasteiger partial charge in [0.1, 0.15) is 13.2 Å². The minimum Gasteiger partial charge on any atom is -0.274 e. The molecule has 0 aliphatic carbocycles. The maximum absolute atomic E-state index is 11.2. The molecule has 1 aliphatic heterocycles. The molecule has 0 radical (unpaired) electrons. The fourth-order valence-electron chi connectivity index (χ4n) is 1.83. The van der Waals surface area contributed by atoms with Crippen molar-refractivity contribution in [1.29, 1.82) is 0 Å². The molecule has 0 unspecified atom stereocenters. The van der Waals surface area contributed by atoms with Crippen LogP contribution in [0.15, 0.2) is 18.2 Å². The average molecular weight is 234 g/mol. The third-order valence-electron chi connectivity index (χ3n) is 2.43. The van der Waals surface area contributed by atoms with Crippen LogP contribution in [-0.4, -0.2) is 23.5 Å². The monoisotopic (exact) mass is 234 g/mol. The molecule has 17 heavy (non-hydrogen) atoms. The average Bonchev–Trinajstić information content (AvgIpc) is 2.53. The summed E-state index contributed by atoms with van der Waals surface area (Å²) in [5.41, 5.74) is 3.27. The first kappa shape index (κ1) is 11.6. The number of aryl methyl sites for hydroxylation is 2. The van der Waals surface area contributed by atoms with Crippen molar-refractivity contribution in [3.8, 4) is 0 Å². The van der Waals surface area contributed by atoms with Gasteiger partial charge in [-0.15, -0.1) is 0 Å². The highest BCUT2D eigenvalue weighted by atomic mass is 16.7. The molecule has 1 heterocycles. The van der Waals surface area contributed by atoms with Crippen LogP contribution in [0, 0.1) is 13.8 Å². The molecule has 1 aromatic rings. The molecule has 90 valence electrons. The van der Waals surface area contributed by atoms with E-state index in [1.165, 1.54) is 0 Å². The van der Waals surface area contributed by atoms with Crippen molar-refractivity contribution in [2.24, 2.45) is 0 Å². The van der Waals surface area contributed by atoms with E-state index in [9.17, 15) is 9.59 Å². The largest absolute Gasteiger partial charge is 0.348 e. The molecule has 3 amide bonds. The number of carbonyl (C=O) groups excluding carboxylic acids is 2. The van der Waals surface area contributed by atoms with Gasteiger partial charge in [0.2, 0.25) is 5.91 Å². The predicted octanol–water partition coefficient (Wildman–Crippen LogP) is 1.29. The minimum absolute atomic E-state index is 0.0381. The van der Waals surface area contributed by atoms with Gasteiger partial charge in [0.25, 0.3) is 0 Å². The Hall–Kier alpha value is -1.88. The second-order valence-corrected chi connectivity index (χ2v) is 4.16. The highest BCUT2D eigenvalue weighted by Crippen LogP contribution is 2.11. The Morgan fingerprint density at radius 2 is 1.88 bits per heavy atom. The van der Waals surface area contributed by atoms with Crippen LogP contribution in [0.2, 0.25) is 0 Å². The molecule has 0 bridgehead atoms. The zero-order valence-electron chi connectivity index (χ0n) is 9.82. The van der Waals surface area contributed by atoms with E-state index in [0.717, 1.165) is 21.8 Å². The number of hydroxylamine groups is 2. The lowest BCUT2D eigenvalue weighted by atomic mass is 10.1. The summed E-state index contributed by atoms with van der Waals surface area (Å²) in [6.07, 6.45) is 0. The van der Waals surface area contributed by atoms with E-state index in [4.69, 9.17) is 4.84 Å². The summed E-state index contributed by atoms with van der Waals surface area (Å²) in [5.74, 6) is -0.338. The highest BCUT2D eigenvalue weighted by Gasteiger charge is 2.27. The van der Waals surface area contributed by atoms with Gasteiger partial charge in [-0.1, -0.05) is 29.3 Å². The first-order valence-corrected chi connectivity index (χ1v) is 5.36. The van der Waals surface area contributed by atoms with Crippen LogP contribution >= 0.6 is 0 Å². The van der Waals surface area contributed by atoms with Gasteiger partial charge in [0.15, 0.2) is 0 Å². The Balaban J connectivity index is 1.98. The predicted molar refractivity (Wildman–Crippen MR) is 60.9 cm³/mol. The lowest BCUT2D eigenvalue weighted by molar-refractivity contribution is -0.134. The summed E-state index contributed by atoms with van der Waals surface area (Å²) >= 11 is 0. The normalized spacial score (nSPS) is 15.3. The van der Waals surface area contributed by atoms with Crippen LogP contribution in [0.3, 0.4) is 0 Å². The molecule has 5 nitrogen and oxygen atoms in total. The smallest absolute Gasteiger partial charge is 0.274 e. The summed E-state index contributed by atoms with van der Waals surface area (Å²) in [5, 5.41) is 3.19. The van der Waals surface area contributed by atoms with Crippen molar-refractivity contribution in [2.45, 2.75) is 20.5 Å². The fourth-order valence-corrected chi connectivity index (χ4v) is 1.83.